The second-order valence-corrected chi connectivity index (χ2v) is 5.40. The molecule has 0 atom stereocenters. The third-order valence-corrected chi connectivity index (χ3v) is 3.52. The van der Waals surface area contributed by atoms with Crippen LogP contribution in [0.4, 0.5) is 0 Å². The topological polar surface area (TPSA) is 122 Å². The first-order valence-corrected chi connectivity index (χ1v) is 6.92. The number of aryl methyl sites for hydroxylation is 1. The van der Waals surface area contributed by atoms with Gasteiger partial charge in [-0.2, -0.15) is 4.98 Å². The first-order valence-electron chi connectivity index (χ1n) is 6.92. The molecule has 0 unspecified atom stereocenters. The number of carboxylic acids is 1. The molecule has 1 N–H and O–H groups in total. The first kappa shape index (κ1) is 16.5. The van der Waals surface area contributed by atoms with Crippen LogP contribution in [-0.4, -0.2) is 54.6 Å². The maximum Gasteiger partial charge on any atom is 0.329 e. The van der Waals surface area contributed by atoms with E-state index >= 15 is 0 Å². The van der Waals surface area contributed by atoms with Crippen molar-refractivity contribution in [2.24, 2.45) is 0 Å². The van der Waals surface area contributed by atoms with Crippen LogP contribution in [0, 0.1) is 0 Å². The summed E-state index contributed by atoms with van der Waals surface area (Å²) in [4.78, 5) is 36.6. The van der Waals surface area contributed by atoms with Crippen molar-refractivity contribution in [3.05, 3.63) is 24.4 Å². The first-order chi connectivity index (χ1) is 10.8. The molecule has 1 amide bonds. The van der Waals surface area contributed by atoms with Crippen molar-refractivity contribution in [1.29, 1.82) is 0 Å². The lowest BCUT2D eigenvalue weighted by molar-refractivity contribution is -0.155. The lowest BCUT2D eigenvalue weighted by atomic mass is 10.0. The van der Waals surface area contributed by atoms with Crippen LogP contribution in [0.5, 0.6) is 0 Å². The molecule has 0 aliphatic heterocycles. The molecule has 9 heteroatoms. The van der Waals surface area contributed by atoms with E-state index in [0.29, 0.717) is 5.82 Å². The third-order valence-electron chi connectivity index (χ3n) is 3.52. The van der Waals surface area contributed by atoms with Gasteiger partial charge in [0, 0.05) is 32.3 Å². The molecule has 2 aromatic heterocycles. The summed E-state index contributed by atoms with van der Waals surface area (Å²) in [6.45, 7) is 2.93. The maximum absolute atomic E-state index is 12.1. The fourth-order valence-electron chi connectivity index (χ4n) is 1.70. The van der Waals surface area contributed by atoms with Gasteiger partial charge in [0.15, 0.2) is 0 Å². The molecule has 0 aliphatic carbocycles. The zero-order valence-corrected chi connectivity index (χ0v) is 13.1. The summed E-state index contributed by atoms with van der Waals surface area (Å²) in [7, 11) is 1.45. The predicted octanol–water partition coefficient (Wildman–Crippen LogP) is 0.781. The van der Waals surface area contributed by atoms with E-state index in [1.165, 1.54) is 25.8 Å². The number of likely N-dealkylation sites (N-methyl/N-ethyl adjacent to an activating group) is 1. The highest BCUT2D eigenvalue weighted by molar-refractivity contribution is 5.86. The number of amides is 1. The average molecular weight is 319 g/mol. The van der Waals surface area contributed by atoms with E-state index in [0.717, 1.165) is 0 Å². The Balaban J connectivity index is 1.98. The molecule has 0 aromatic carbocycles. The quantitative estimate of drug-likeness (QED) is 0.828. The number of aliphatic carboxylic acids is 1. The molecule has 0 aliphatic rings. The summed E-state index contributed by atoms with van der Waals surface area (Å²) < 4.78 is 5.05. The Labute approximate surface area is 132 Å². The number of carbonyl (C=O) groups excluding carboxylic acids is 1. The van der Waals surface area contributed by atoms with Crippen LogP contribution < -0.4 is 0 Å². The minimum atomic E-state index is -1.28. The molecule has 0 saturated heterocycles. The third kappa shape index (κ3) is 3.68. The summed E-state index contributed by atoms with van der Waals surface area (Å²) in [5.41, 5.74) is -1.28. The molecule has 122 valence electrons. The van der Waals surface area contributed by atoms with Gasteiger partial charge in [0.2, 0.25) is 23.4 Å². The highest BCUT2D eigenvalue weighted by atomic mass is 16.5. The van der Waals surface area contributed by atoms with Crippen LogP contribution in [0.2, 0.25) is 0 Å². The number of nitrogens with zero attached hydrogens (tertiary/aromatic N) is 5. The van der Waals surface area contributed by atoms with Crippen LogP contribution in [0.25, 0.3) is 11.6 Å². The van der Waals surface area contributed by atoms with E-state index in [4.69, 9.17) is 9.63 Å². The molecule has 2 aromatic rings. The standard InChI is InChI=1S/C14H17N5O4/c1-14(2,13(21)22)19(3)10(20)6-5-9-17-12(18-23-9)11-15-7-4-8-16-11/h4,7-8H,5-6H2,1-3H3,(H,21,22). The van der Waals surface area contributed by atoms with Crippen molar-refractivity contribution in [3.63, 3.8) is 0 Å². The van der Waals surface area contributed by atoms with Gasteiger partial charge < -0.3 is 14.5 Å². The van der Waals surface area contributed by atoms with E-state index in [1.54, 1.807) is 18.5 Å². The second-order valence-electron chi connectivity index (χ2n) is 5.40. The Kier molecular flexibility index (Phi) is 4.68. The molecular formula is C14H17N5O4. The zero-order valence-electron chi connectivity index (χ0n) is 13.1. The van der Waals surface area contributed by atoms with Crippen LogP contribution in [0.3, 0.4) is 0 Å². The Morgan fingerprint density at radius 1 is 1.26 bits per heavy atom. The second kappa shape index (κ2) is 6.51. The van der Waals surface area contributed by atoms with Gasteiger partial charge in [-0.15, -0.1) is 0 Å². The van der Waals surface area contributed by atoms with Crippen LogP contribution in [0.15, 0.2) is 23.0 Å². The van der Waals surface area contributed by atoms with Gasteiger partial charge in [0.05, 0.1) is 0 Å². The van der Waals surface area contributed by atoms with Gasteiger partial charge in [-0.25, -0.2) is 14.8 Å². The summed E-state index contributed by atoms with van der Waals surface area (Å²) in [6.07, 6.45) is 3.39. The van der Waals surface area contributed by atoms with Gasteiger partial charge in [0.1, 0.15) is 5.54 Å². The van der Waals surface area contributed by atoms with Crippen molar-refractivity contribution in [2.45, 2.75) is 32.2 Å². The number of aromatic nitrogens is 4. The van der Waals surface area contributed by atoms with Gasteiger partial charge in [0.25, 0.3) is 0 Å². The van der Waals surface area contributed by atoms with E-state index in [2.05, 4.69) is 20.1 Å². The van der Waals surface area contributed by atoms with Crippen molar-refractivity contribution in [3.8, 4) is 11.6 Å². The molecule has 0 fully saturated rings. The molecule has 0 saturated carbocycles. The van der Waals surface area contributed by atoms with E-state index < -0.39 is 11.5 Å². The average Bonchev–Trinajstić information content (AvgIpc) is 3.01. The Morgan fingerprint density at radius 2 is 1.91 bits per heavy atom. The van der Waals surface area contributed by atoms with E-state index in [1.807, 2.05) is 0 Å². The fourth-order valence-corrected chi connectivity index (χ4v) is 1.70. The van der Waals surface area contributed by atoms with Crippen LogP contribution in [0.1, 0.15) is 26.2 Å². The van der Waals surface area contributed by atoms with Crippen molar-refractivity contribution < 1.29 is 19.2 Å². The number of hydrogen-bond acceptors (Lipinski definition) is 7. The molecule has 23 heavy (non-hydrogen) atoms. The normalized spacial score (nSPS) is 11.3. The van der Waals surface area contributed by atoms with Crippen LogP contribution in [-0.2, 0) is 16.0 Å². The maximum atomic E-state index is 12.1. The summed E-state index contributed by atoms with van der Waals surface area (Å²) in [5.74, 6) is -0.560. The molecule has 0 radical (unpaired) electrons. The van der Waals surface area contributed by atoms with Gasteiger partial charge in [-0.05, 0) is 19.9 Å². The SMILES string of the molecule is CN(C(=O)CCc1nc(-c2ncccn2)no1)C(C)(C)C(=O)O. The monoisotopic (exact) mass is 319 g/mol. The molecule has 9 nitrogen and oxygen atoms in total. The van der Waals surface area contributed by atoms with Crippen molar-refractivity contribution >= 4 is 11.9 Å². The summed E-state index contributed by atoms with van der Waals surface area (Å²) >= 11 is 0. The fraction of sp³-hybridized carbons (Fsp3) is 0.429. The van der Waals surface area contributed by atoms with Crippen molar-refractivity contribution in [1.82, 2.24) is 25.0 Å². The van der Waals surface area contributed by atoms with Gasteiger partial charge in [-0.1, -0.05) is 5.16 Å². The van der Waals surface area contributed by atoms with Gasteiger partial charge in [-0.3, -0.25) is 4.79 Å². The lowest BCUT2D eigenvalue weighted by Crippen LogP contribution is -2.50. The smallest absolute Gasteiger partial charge is 0.329 e. The summed E-state index contributed by atoms with van der Waals surface area (Å²) in [5, 5.41) is 12.9. The molecular weight excluding hydrogens is 302 g/mol. The lowest BCUT2D eigenvalue weighted by Gasteiger charge is -2.31. The predicted molar refractivity (Wildman–Crippen MR) is 78.1 cm³/mol. The Bertz CT molecular complexity index is 698. The molecule has 0 bridgehead atoms. The number of carbonyl (C=O) groups is 2. The molecule has 0 spiro atoms. The molecule has 2 heterocycles. The number of rotatable bonds is 6. The minimum absolute atomic E-state index is 0.0600. The number of carboxylic acid groups (broad SMARTS) is 1. The highest BCUT2D eigenvalue weighted by Gasteiger charge is 2.34. The van der Waals surface area contributed by atoms with E-state index in [-0.39, 0.29) is 30.5 Å². The van der Waals surface area contributed by atoms with Gasteiger partial charge >= 0.3 is 5.97 Å². The Hall–Kier alpha value is -2.84. The molecule has 2 rings (SSSR count). The highest BCUT2D eigenvalue weighted by Crippen LogP contribution is 2.15. The zero-order chi connectivity index (χ0) is 17.0. The van der Waals surface area contributed by atoms with Crippen LogP contribution >= 0.6 is 0 Å². The largest absolute Gasteiger partial charge is 0.480 e. The minimum Gasteiger partial charge on any atom is -0.480 e. The van der Waals surface area contributed by atoms with E-state index in [9.17, 15) is 9.59 Å². The Morgan fingerprint density at radius 3 is 2.52 bits per heavy atom. The summed E-state index contributed by atoms with van der Waals surface area (Å²) in [6, 6.07) is 1.67. The van der Waals surface area contributed by atoms with Crippen molar-refractivity contribution in [2.75, 3.05) is 7.05 Å². The number of hydrogen-bond donors (Lipinski definition) is 1.